The molecule has 0 bridgehead atoms. The smallest absolute Gasteiger partial charge is 0.356 e. The molecule has 0 spiro atoms. The zero-order valence-corrected chi connectivity index (χ0v) is 11.6. The topological polar surface area (TPSA) is 67.4 Å². The highest BCUT2D eigenvalue weighted by Crippen LogP contribution is 2.25. The Bertz CT molecular complexity index is 579. The van der Waals surface area contributed by atoms with Crippen molar-refractivity contribution < 1.29 is 14.1 Å². The minimum Gasteiger partial charge on any atom is -0.496 e. The van der Waals surface area contributed by atoms with E-state index in [0.29, 0.717) is 17.4 Å². The van der Waals surface area contributed by atoms with E-state index in [0.717, 1.165) is 10.0 Å². The van der Waals surface area contributed by atoms with Crippen LogP contribution >= 0.6 is 15.9 Å². The van der Waals surface area contributed by atoms with E-state index < -0.39 is 0 Å². The fourth-order valence-electron chi connectivity index (χ4n) is 1.67. The number of methoxy groups -OCH3 is 1. The van der Waals surface area contributed by atoms with E-state index in [-0.39, 0.29) is 5.91 Å². The van der Waals surface area contributed by atoms with Gasteiger partial charge in [0.15, 0.2) is 5.70 Å². The van der Waals surface area contributed by atoms with Crippen LogP contribution in [0.4, 0.5) is 0 Å². The molecule has 18 heavy (non-hydrogen) atoms. The Morgan fingerprint density at radius 2 is 2.22 bits per heavy atom. The van der Waals surface area contributed by atoms with Crippen LogP contribution in [0.25, 0.3) is 6.08 Å². The van der Waals surface area contributed by atoms with Crippen molar-refractivity contribution in [1.29, 1.82) is 0 Å². The molecule has 0 saturated carbocycles. The van der Waals surface area contributed by atoms with Crippen LogP contribution in [0, 0.1) is 0 Å². The van der Waals surface area contributed by atoms with Crippen LogP contribution in [-0.2, 0) is 4.79 Å². The second kappa shape index (κ2) is 4.81. The summed E-state index contributed by atoms with van der Waals surface area (Å²) in [6, 6.07) is 5.58. The highest BCUT2D eigenvalue weighted by Gasteiger charge is 2.29. The van der Waals surface area contributed by atoms with Crippen LogP contribution in [-0.4, -0.2) is 30.6 Å². The van der Waals surface area contributed by atoms with Crippen molar-refractivity contribution in [2.75, 3.05) is 14.2 Å². The number of hydrogen-bond donors (Lipinski definition) is 2. The molecule has 0 aliphatic carbocycles. The third-order valence-corrected chi connectivity index (χ3v) is 3.17. The highest BCUT2D eigenvalue weighted by molar-refractivity contribution is 9.10. The summed E-state index contributed by atoms with van der Waals surface area (Å²) in [5, 5.41) is 2.55. The molecule has 0 atom stereocenters. The average molecular weight is 311 g/mol. The zero-order chi connectivity index (χ0) is 13.3. The van der Waals surface area contributed by atoms with Crippen LogP contribution in [0.3, 0.4) is 0 Å². The summed E-state index contributed by atoms with van der Waals surface area (Å²) in [6.07, 6.45) is 1.73. The number of amides is 1. The van der Waals surface area contributed by atoms with Crippen molar-refractivity contribution in [3.63, 3.8) is 0 Å². The number of nitrogens with two attached hydrogens (primary N) is 1. The molecule has 0 fully saturated rings. The van der Waals surface area contributed by atoms with Crippen LogP contribution in [0.2, 0.25) is 0 Å². The number of nitrogens with zero attached hydrogens (tertiary/aromatic N) is 1. The van der Waals surface area contributed by atoms with Crippen molar-refractivity contribution in [3.8, 4) is 5.75 Å². The molecule has 6 heteroatoms. The number of carbonyl (C=O) groups excluding carboxylic acids is 1. The third kappa shape index (κ3) is 2.24. The van der Waals surface area contributed by atoms with Crippen molar-refractivity contribution in [3.05, 3.63) is 33.9 Å². The molecule has 1 aliphatic rings. The predicted octanol–water partition coefficient (Wildman–Crippen LogP) is 0.885. The first-order chi connectivity index (χ1) is 8.52. The summed E-state index contributed by atoms with van der Waals surface area (Å²) in [5.74, 6) is 0.787. The van der Waals surface area contributed by atoms with E-state index in [1.54, 1.807) is 24.8 Å². The number of nitrogens with one attached hydrogen (secondary N) is 1. The number of carbonyl (C=O) groups is 1. The lowest BCUT2D eigenvalue weighted by molar-refractivity contribution is -0.432. The average Bonchev–Trinajstić information content (AvgIpc) is 2.56. The second-order valence-electron chi connectivity index (χ2n) is 3.81. The standard InChI is InChI=1S/C12H12BrN3O2/c1-16-9(11(17)15-12(16)14)6-7-5-8(13)3-4-10(7)18-2/h3-6H,1-2H3,(H2,14,15,17)/p+1/b9-6-. The summed E-state index contributed by atoms with van der Waals surface area (Å²) in [7, 11) is 3.31. The van der Waals surface area contributed by atoms with Gasteiger partial charge < -0.3 is 4.74 Å². The van der Waals surface area contributed by atoms with Gasteiger partial charge in [-0.2, -0.15) is 0 Å². The maximum atomic E-state index is 11.7. The first kappa shape index (κ1) is 12.6. The molecule has 94 valence electrons. The van der Waals surface area contributed by atoms with Gasteiger partial charge in [0, 0.05) is 10.0 Å². The van der Waals surface area contributed by atoms with Crippen molar-refractivity contribution in [2.45, 2.75) is 0 Å². The number of ether oxygens (including phenoxy) is 1. The highest BCUT2D eigenvalue weighted by atomic mass is 79.9. The zero-order valence-electron chi connectivity index (χ0n) is 10.0. The number of hydrogen-bond acceptors (Lipinski definition) is 3. The lowest BCUT2D eigenvalue weighted by atomic mass is 10.1. The summed E-state index contributed by atoms with van der Waals surface area (Å²) in [5.41, 5.74) is 6.92. The first-order valence-corrected chi connectivity index (χ1v) is 6.05. The molecule has 1 heterocycles. The molecule has 2 rings (SSSR count). The minimum absolute atomic E-state index is 0.225. The predicted molar refractivity (Wildman–Crippen MR) is 72.2 cm³/mol. The van der Waals surface area contributed by atoms with Crippen molar-refractivity contribution >= 4 is 33.9 Å². The maximum Gasteiger partial charge on any atom is 0.356 e. The Balaban J connectivity index is 2.51. The SMILES string of the molecule is COc1ccc(Br)cc1/C=C1/C(=O)NC(N)=[N+]1C. The van der Waals surface area contributed by atoms with E-state index in [9.17, 15) is 4.79 Å². The van der Waals surface area contributed by atoms with Crippen LogP contribution < -0.4 is 15.8 Å². The van der Waals surface area contributed by atoms with Crippen LogP contribution in [0.5, 0.6) is 5.75 Å². The molecule has 0 radical (unpaired) electrons. The van der Waals surface area contributed by atoms with Crippen molar-refractivity contribution in [2.24, 2.45) is 5.73 Å². The molecule has 5 nitrogen and oxygen atoms in total. The van der Waals surface area contributed by atoms with E-state index in [2.05, 4.69) is 21.2 Å². The lowest BCUT2D eigenvalue weighted by Crippen LogP contribution is -2.32. The Morgan fingerprint density at radius 3 is 2.78 bits per heavy atom. The molecule has 0 unspecified atom stereocenters. The quantitative estimate of drug-likeness (QED) is 0.629. The third-order valence-electron chi connectivity index (χ3n) is 2.68. The van der Waals surface area contributed by atoms with Crippen molar-refractivity contribution in [1.82, 2.24) is 5.32 Å². The van der Waals surface area contributed by atoms with Gasteiger partial charge in [0.25, 0.3) is 0 Å². The number of rotatable bonds is 2. The normalized spacial score (nSPS) is 17.3. The summed E-state index contributed by atoms with van der Waals surface area (Å²) in [4.78, 5) is 11.7. The van der Waals surface area contributed by atoms with E-state index in [4.69, 9.17) is 10.5 Å². The number of benzene rings is 1. The summed E-state index contributed by atoms with van der Waals surface area (Å²) >= 11 is 3.39. The van der Waals surface area contributed by atoms with E-state index in [1.807, 2.05) is 18.2 Å². The van der Waals surface area contributed by atoms with Gasteiger partial charge in [-0.3, -0.25) is 5.73 Å². The Labute approximate surface area is 113 Å². The van der Waals surface area contributed by atoms with Gasteiger partial charge in [0.1, 0.15) is 5.75 Å². The molecule has 1 aromatic carbocycles. The molecule has 1 aromatic rings. The lowest BCUT2D eigenvalue weighted by Gasteiger charge is -2.05. The van der Waals surface area contributed by atoms with Gasteiger partial charge in [-0.15, -0.1) is 0 Å². The first-order valence-electron chi connectivity index (χ1n) is 5.25. The summed E-state index contributed by atoms with van der Waals surface area (Å²) in [6.45, 7) is 0. The monoisotopic (exact) mass is 310 g/mol. The molecule has 1 aliphatic heterocycles. The number of guanidine groups is 1. The summed E-state index contributed by atoms with van der Waals surface area (Å²) < 4.78 is 7.76. The molecule has 3 N–H and O–H groups in total. The van der Waals surface area contributed by atoms with Gasteiger partial charge in [0.05, 0.1) is 14.2 Å². The number of halogens is 1. The second-order valence-corrected chi connectivity index (χ2v) is 4.73. The van der Waals surface area contributed by atoms with E-state index in [1.165, 1.54) is 0 Å². The fraction of sp³-hybridized carbons (Fsp3) is 0.167. The van der Waals surface area contributed by atoms with Gasteiger partial charge >= 0.3 is 11.9 Å². The maximum absolute atomic E-state index is 11.7. The molecular formula is C12H13BrN3O2+. The Morgan fingerprint density at radius 1 is 1.50 bits per heavy atom. The molecular weight excluding hydrogens is 298 g/mol. The van der Waals surface area contributed by atoms with Crippen LogP contribution in [0.15, 0.2) is 28.4 Å². The van der Waals surface area contributed by atoms with Gasteiger partial charge in [-0.25, -0.2) is 14.7 Å². The van der Waals surface area contributed by atoms with Crippen LogP contribution in [0.1, 0.15) is 5.56 Å². The fourth-order valence-corrected chi connectivity index (χ4v) is 2.05. The number of likely N-dealkylation sites (N-methyl/N-ethyl adjacent to an activating group) is 1. The van der Waals surface area contributed by atoms with E-state index >= 15 is 0 Å². The van der Waals surface area contributed by atoms with Gasteiger partial charge in [-0.1, -0.05) is 15.9 Å². The van der Waals surface area contributed by atoms with Gasteiger partial charge in [0.2, 0.25) is 0 Å². The molecule has 1 amide bonds. The minimum atomic E-state index is -0.225. The largest absolute Gasteiger partial charge is 0.496 e. The molecule has 0 aromatic heterocycles. The Kier molecular flexibility index (Phi) is 3.38. The Hall–Kier alpha value is -1.82. The van der Waals surface area contributed by atoms with Gasteiger partial charge in [-0.05, 0) is 24.3 Å². The molecule has 0 saturated heterocycles.